The SMILES string of the molecule is CS(=O)(=O)CC(O)c1cccc(I)c1. The summed E-state index contributed by atoms with van der Waals surface area (Å²) in [5.41, 5.74) is 0.641. The van der Waals surface area contributed by atoms with Gasteiger partial charge in [0.2, 0.25) is 0 Å². The van der Waals surface area contributed by atoms with E-state index in [9.17, 15) is 13.5 Å². The van der Waals surface area contributed by atoms with Crippen molar-refractivity contribution in [3.8, 4) is 0 Å². The van der Waals surface area contributed by atoms with Gasteiger partial charge in [0.1, 0.15) is 9.84 Å². The summed E-state index contributed by atoms with van der Waals surface area (Å²) in [4.78, 5) is 0. The van der Waals surface area contributed by atoms with E-state index in [1.165, 1.54) is 0 Å². The number of hydrogen-bond donors (Lipinski definition) is 1. The molecule has 1 atom stereocenters. The van der Waals surface area contributed by atoms with Gasteiger partial charge in [-0.05, 0) is 40.3 Å². The molecule has 1 rings (SSSR count). The minimum Gasteiger partial charge on any atom is -0.387 e. The maximum atomic E-state index is 10.9. The monoisotopic (exact) mass is 326 g/mol. The topological polar surface area (TPSA) is 54.4 Å². The largest absolute Gasteiger partial charge is 0.387 e. The number of sulfone groups is 1. The lowest BCUT2D eigenvalue weighted by Gasteiger charge is -2.09. The van der Waals surface area contributed by atoms with Crippen LogP contribution in [0, 0.1) is 3.57 Å². The molecule has 0 amide bonds. The fraction of sp³-hybridized carbons (Fsp3) is 0.333. The van der Waals surface area contributed by atoms with Crippen molar-refractivity contribution in [2.45, 2.75) is 6.10 Å². The third-order valence-electron chi connectivity index (χ3n) is 1.69. The van der Waals surface area contributed by atoms with Gasteiger partial charge in [0.15, 0.2) is 0 Å². The highest BCUT2D eigenvalue weighted by Crippen LogP contribution is 2.17. The molecule has 0 spiro atoms. The number of aliphatic hydroxyl groups is 1. The first-order valence-electron chi connectivity index (χ1n) is 4.00. The fourth-order valence-electron chi connectivity index (χ4n) is 1.10. The summed E-state index contributed by atoms with van der Waals surface area (Å²) in [6, 6.07) is 7.17. The summed E-state index contributed by atoms with van der Waals surface area (Å²) >= 11 is 2.12. The first-order chi connectivity index (χ1) is 6.38. The van der Waals surface area contributed by atoms with Crippen LogP contribution in [0.25, 0.3) is 0 Å². The van der Waals surface area contributed by atoms with Gasteiger partial charge in [0, 0.05) is 9.83 Å². The molecule has 1 aromatic rings. The molecule has 0 aliphatic rings. The van der Waals surface area contributed by atoms with E-state index in [1.807, 2.05) is 6.07 Å². The summed E-state index contributed by atoms with van der Waals surface area (Å²) in [6.07, 6.45) is 0.184. The Labute approximate surface area is 97.2 Å². The third kappa shape index (κ3) is 3.93. The van der Waals surface area contributed by atoms with Crippen LogP contribution in [-0.4, -0.2) is 25.5 Å². The van der Waals surface area contributed by atoms with Crippen molar-refractivity contribution in [1.82, 2.24) is 0 Å². The molecule has 1 N–H and O–H groups in total. The zero-order valence-corrected chi connectivity index (χ0v) is 10.6. The van der Waals surface area contributed by atoms with Crippen molar-refractivity contribution in [2.75, 3.05) is 12.0 Å². The lowest BCUT2D eigenvalue weighted by Crippen LogP contribution is -2.12. The van der Waals surface area contributed by atoms with Gasteiger partial charge in [-0.25, -0.2) is 8.42 Å². The summed E-state index contributed by atoms with van der Waals surface area (Å²) < 4.78 is 22.9. The van der Waals surface area contributed by atoms with Gasteiger partial charge in [0.25, 0.3) is 0 Å². The normalized spacial score (nSPS) is 13.9. The Morgan fingerprint density at radius 2 is 2.14 bits per heavy atom. The van der Waals surface area contributed by atoms with Crippen LogP contribution in [0.5, 0.6) is 0 Å². The van der Waals surface area contributed by atoms with E-state index in [1.54, 1.807) is 18.2 Å². The van der Waals surface area contributed by atoms with Crippen molar-refractivity contribution < 1.29 is 13.5 Å². The van der Waals surface area contributed by atoms with Crippen molar-refractivity contribution in [3.63, 3.8) is 0 Å². The average Bonchev–Trinajstić information content (AvgIpc) is 2.01. The molecule has 0 aliphatic heterocycles. The predicted molar refractivity (Wildman–Crippen MR) is 63.8 cm³/mol. The van der Waals surface area contributed by atoms with E-state index in [0.717, 1.165) is 9.83 Å². The predicted octanol–water partition coefficient (Wildman–Crippen LogP) is 1.37. The summed E-state index contributed by atoms with van der Waals surface area (Å²) in [5, 5.41) is 9.60. The molecule has 0 saturated heterocycles. The highest BCUT2D eigenvalue weighted by Gasteiger charge is 2.14. The van der Waals surface area contributed by atoms with Gasteiger partial charge in [0.05, 0.1) is 11.9 Å². The Balaban J connectivity index is 2.85. The Morgan fingerprint density at radius 1 is 1.50 bits per heavy atom. The molecule has 1 unspecified atom stereocenters. The molecule has 0 aromatic heterocycles. The van der Waals surface area contributed by atoms with Crippen LogP contribution in [0.4, 0.5) is 0 Å². The molecule has 78 valence electrons. The molecule has 5 heteroatoms. The van der Waals surface area contributed by atoms with Crippen LogP contribution in [0.3, 0.4) is 0 Å². The average molecular weight is 326 g/mol. The smallest absolute Gasteiger partial charge is 0.150 e. The molecular weight excluding hydrogens is 315 g/mol. The van der Waals surface area contributed by atoms with E-state index in [2.05, 4.69) is 22.6 Å². The zero-order valence-electron chi connectivity index (χ0n) is 7.64. The Morgan fingerprint density at radius 3 is 2.64 bits per heavy atom. The Kier molecular flexibility index (Phi) is 3.91. The van der Waals surface area contributed by atoms with Crippen LogP contribution in [0.2, 0.25) is 0 Å². The van der Waals surface area contributed by atoms with Gasteiger partial charge < -0.3 is 5.11 Å². The molecule has 0 aliphatic carbocycles. The summed E-state index contributed by atoms with van der Waals surface area (Å²) in [6.45, 7) is 0. The standard InChI is InChI=1S/C9H11IO3S/c1-14(12,13)6-9(11)7-3-2-4-8(10)5-7/h2-5,9,11H,6H2,1H3. The quantitative estimate of drug-likeness (QED) is 0.854. The first-order valence-corrected chi connectivity index (χ1v) is 7.13. The maximum Gasteiger partial charge on any atom is 0.150 e. The molecular formula is C9H11IO3S. The Hall–Kier alpha value is -0.140. The number of rotatable bonds is 3. The Bertz CT molecular complexity index is 414. The van der Waals surface area contributed by atoms with Gasteiger partial charge in [-0.2, -0.15) is 0 Å². The van der Waals surface area contributed by atoms with Gasteiger partial charge >= 0.3 is 0 Å². The van der Waals surface area contributed by atoms with E-state index >= 15 is 0 Å². The molecule has 3 nitrogen and oxygen atoms in total. The lowest BCUT2D eigenvalue weighted by molar-refractivity contribution is 0.202. The second-order valence-electron chi connectivity index (χ2n) is 3.16. The zero-order chi connectivity index (χ0) is 10.8. The molecule has 0 fully saturated rings. The van der Waals surface area contributed by atoms with E-state index in [0.29, 0.717) is 5.56 Å². The van der Waals surface area contributed by atoms with Crippen molar-refractivity contribution in [3.05, 3.63) is 33.4 Å². The summed E-state index contributed by atoms with van der Waals surface area (Å²) in [5.74, 6) is -0.229. The minimum atomic E-state index is -3.14. The molecule has 0 bridgehead atoms. The van der Waals surface area contributed by atoms with E-state index in [-0.39, 0.29) is 5.75 Å². The molecule has 1 aromatic carbocycles. The fourth-order valence-corrected chi connectivity index (χ4v) is 2.43. The first kappa shape index (κ1) is 11.9. The van der Waals surface area contributed by atoms with Crippen molar-refractivity contribution in [1.29, 1.82) is 0 Å². The molecule has 0 saturated carbocycles. The van der Waals surface area contributed by atoms with Crippen molar-refractivity contribution >= 4 is 32.4 Å². The summed E-state index contributed by atoms with van der Waals surface area (Å²) in [7, 11) is -3.14. The van der Waals surface area contributed by atoms with E-state index < -0.39 is 15.9 Å². The second kappa shape index (κ2) is 4.59. The number of hydrogen-bond acceptors (Lipinski definition) is 3. The van der Waals surface area contributed by atoms with Gasteiger partial charge in [-0.3, -0.25) is 0 Å². The van der Waals surface area contributed by atoms with Crippen LogP contribution in [-0.2, 0) is 9.84 Å². The highest BCUT2D eigenvalue weighted by atomic mass is 127. The minimum absolute atomic E-state index is 0.229. The van der Waals surface area contributed by atoms with Gasteiger partial charge in [-0.15, -0.1) is 0 Å². The van der Waals surface area contributed by atoms with Crippen molar-refractivity contribution in [2.24, 2.45) is 0 Å². The number of benzene rings is 1. The third-order valence-corrected chi connectivity index (χ3v) is 3.29. The number of aliphatic hydroxyl groups excluding tert-OH is 1. The van der Waals surface area contributed by atoms with Crippen LogP contribution in [0.1, 0.15) is 11.7 Å². The lowest BCUT2D eigenvalue weighted by atomic mass is 10.1. The van der Waals surface area contributed by atoms with Crippen LogP contribution in [0.15, 0.2) is 24.3 Å². The van der Waals surface area contributed by atoms with E-state index in [4.69, 9.17) is 0 Å². The number of halogens is 1. The highest BCUT2D eigenvalue weighted by molar-refractivity contribution is 14.1. The molecule has 0 radical (unpaired) electrons. The molecule has 14 heavy (non-hydrogen) atoms. The maximum absolute atomic E-state index is 10.9. The second-order valence-corrected chi connectivity index (χ2v) is 6.59. The van der Waals surface area contributed by atoms with Crippen LogP contribution >= 0.6 is 22.6 Å². The van der Waals surface area contributed by atoms with Gasteiger partial charge in [-0.1, -0.05) is 12.1 Å². The molecule has 0 heterocycles. The van der Waals surface area contributed by atoms with Crippen LogP contribution < -0.4 is 0 Å².